The van der Waals surface area contributed by atoms with Crippen molar-refractivity contribution in [1.29, 1.82) is 0 Å². The molecule has 2 rings (SSSR count). The van der Waals surface area contributed by atoms with E-state index in [-0.39, 0.29) is 50.1 Å². The lowest BCUT2D eigenvalue weighted by Crippen LogP contribution is -2.43. The van der Waals surface area contributed by atoms with Crippen LogP contribution in [0.25, 0.3) is 0 Å². The van der Waals surface area contributed by atoms with Gasteiger partial charge in [0.15, 0.2) is 0 Å². The van der Waals surface area contributed by atoms with E-state index in [1.165, 1.54) is 0 Å². The fourth-order valence-corrected chi connectivity index (χ4v) is 6.12. The van der Waals surface area contributed by atoms with Crippen molar-refractivity contribution < 1.29 is 43.2 Å². The second kappa shape index (κ2) is 20.8. The number of aliphatic carboxylic acids is 1. The fraction of sp³-hybridized carbons (Fsp3) is 0.846. The molecule has 1 unspecified atom stereocenters. The Morgan fingerprint density at radius 1 is 0.951 bits per heavy atom. The highest BCUT2D eigenvalue weighted by Crippen LogP contribution is 2.33. The highest BCUT2D eigenvalue weighted by Gasteiger charge is 2.42. The molecule has 8 N–H and O–H groups in total. The normalized spacial score (nSPS) is 21.1. The standard InChI is InChI=1S/C26H47N5O9S/c27-8-9-37-10-11-38-12-13-39-14-15-40-16-23(33)29-19(25(34)35)5-3-4-18(28)21(32)6-1-2-7-22-24-20(17-41-22)30-26(36)31-24/h18-20,22,24H,1-17,27-28H2,(H,29,33)(H,34,35)(H2,30,31,36)/t18?,19-,20-,22-,24-/m0/s1. The van der Waals surface area contributed by atoms with Crippen molar-refractivity contribution in [3.05, 3.63) is 0 Å². The van der Waals surface area contributed by atoms with Gasteiger partial charge in [0.25, 0.3) is 0 Å². The molecule has 0 aromatic heterocycles. The number of hydrogen-bond acceptors (Lipinski definition) is 11. The summed E-state index contributed by atoms with van der Waals surface area (Å²) in [4.78, 5) is 47.5. The molecule has 0 aromatic rings. The summed E-state index contributed by atoms with van der Waals surface area (Å²) in [6, 6.07) is -1.52. The SMILES string of the molecule is NCCOCCOCCOCCOCC(=O)N[C@@H](CCCC(N)C(=O)CCCC[C@@H]1SC[C@@H]2NC(=O)N[C@@H]21)C(=O)O. The van der Waals surface area contributed by atoms with Gasteiger partial charge >= 0.3 is 12.0 Å². The summed E-state index contributed by atoms with van der Waals surface area (Å²) in [6.07, 6.45) is 3.77. The predicted octanol–water partition coefficient (Wildman–Crippen LogP) is -0.627. The Morgan fingerprint density at radius 2 is 1.61 bits per heavy atom. The number of unbranched alkanes of at least 4 members (excludes halogenated alkanes) is 1. The Balaban J connectivity index is 1.47. The van der Waals surface area contributed by atoms with Crippen LogP contribution in [-0.2, 0) is 33.3 Å². The summed E-state index contributed by atoms with van der Waals surface area (Å²) < 4.78 is 21.1. The number of fused-ring (bicyclic) bond motifs is 1. The van der Waals surface area contributed by atoms with Crippen molar-refractivity contribution in [2.24, 2.45) is 11.5 Å². The summed E-state index contributed by atoms with van der Waals surface area (Å²) in [7, 11) is 0. The molecule has 0 radical (unpaired) electrons. The monoisotopic (exact) mass is 605 g/mol. The van der Waals surface area contributed by atoms with E-state index in [0.717, 1.165) is 25.0 Å². The predicted molar refractivity (Wildman–Crippen MR) is 153 cm³/mol. The quantitative estimate of drug-likeness (QED) is 0.0567. The zero-order valence-corrected chi connectivity index (χ0v) is 24.5. The number of Topliss-reactive ketones (excluding diaryl/α,β-unsaturated/α-hetero) is 1. The maximum Gasteiger partial charge on any atom is 0.326 e. The molecule has 2 heterocycles. The van der Waals surface area contributed by atoms with Gasteiger partial charge in [-0.25, -0.2) is 9.59 Å². The topological polar surface area (TPSA) is 214 Å². The fourth-order valence-electron chi connectivity index (χ4n) is 4.58. The number of carboxylic acid groups (broad SMARTS) is 1. The van der Waals surface area contributed by atoms with Crippen molar-refractivity contribution in [2.45, 2.75) is 74.4 Å². The van der Waals surface area contributed by atoms with Gasteiger partial charge in [-0.15, -0.1) is 0 Å². The maximum absolute atomic E-state index is 12.4. The number of carboxylic acids is 1. The minimum Gasteiger partial charge on any atom is -0.480 e. The number of amides is 3. The summed E-state index contributed by atoms with van der Waals surface area (Å²) in [5.41, 5.74) is 11.3. The van der Waals surface area contributed by atoms with Crippen LogP contribution in [0.3, 0.4) is 0 Å². The molecule has 0 bridgehead atoms. The first-order valence-electron chi connectivity index (χ1n) is 14.3. The third-order valence-electron chi connectivity index (χ3n) is 6.77. The van der Waals surface area contributed by atoms with Crippen LogP contribution in [0, 0.1) is 0 Å². The molecule has 5 atom stereocenters. The Hall–Kier alpha value is -2.01. The molecule has 0 spiro atoms. The van der Waals surface area contributed by atoms with Crippen LogP contribution >= 0.6 is 11.8 Å². The number of thioether (sulfide) groups is 1. The van der Waals surface area contributed by atoms with Crippen LogP contribution in [0.15, 0.2) is 0 Å². The smallest absolute Gasteiger partial charge is 0.326 e. The van der Waals surface area contributed by atoms with E-state index in [1.807, 2.05) is 11.8 Å². The third kappa shape index (κ3) is 14.6. The summed E-state index contributed by atoms with van der Waals surface area (Å²) in [5, 5.41) is 18.1. The number of carbonyl (C=O) groups is 4. The van der Waals surface area contributed by atoms with E-state index in [1.54, 1.807) is 0 Å². The third-order valence-corrected chi connectivity index (χ3v) is 8.27. The van der Waals surface area contributed by atoms with Crippen molar-refractivity contribution in [3.8, 4) is 0 Å². The van der Waals surface area contributed by atoms with E-state index < -0.39 is 24.0 Å². The first-order valence-corrected chi connectivity index (χ1v) is 15.4. The number of carbonyl (C=O) groups excluding carboxylic acids is 3. The van der Waals surface area contributed by atoms with Crippen LogP contribution in [0.2, 0.25) is 0 Å². The molecule has 3 amide bonds. The van der Waals surface area contributed by atoms with Crippen LogP contribution < -0.4 is 27.4 Å². The maximum atomic E-state index is 12.4. The Labute approximate surface area is 245 Å². The Morgan fingerprint density at radius 3 is 2.27 bits per heavy atom. The number of nitrogens with two attached hydrogens (primary N) is 2. The number of rotatable bonds is 25. The molecule has 236 valence electrons. The number of urea groups is 1. The van der Waals surface area contributed by atoms with Crippen LogP contribution in [0.1, 0.15) is 44.9 Å². The average Bonchev–Trinajstić information content (AvgIpc) is 3.49. The van der Waals surface area contributed by atoms with Gasteiger partial charge in [0.2, 0.25) is 5.91 Å². The van der Waals surface area contributed by atoms with Crippen molar-refractivity contribution >= 4 is 35.5 Å². The van der Waals surface area contributed by atoms with Crippen molar-refractivity contribution in [3.63, 3.8) is 0 Å². The molecule has 2 aliphatic heterocycles. The minimum atomic E-state index is -1.16. The molecule has 14 nitrogen and oxygen atoms in total. The molecule has 0 aliphatic carbocycles. The van der Waals surface area contributed by atoms with Gasteiger partial charge in [-0.1, -0.05) is 6.42 Å². The number of hydrogen-bond donors (Lipinski definition) is 6. The zero-order chi connectivity index (χ0) is 29.9. The van der Waals surface area contributed by atoms with E-state index in [9.17, 15) is 24.3 Å². The molecule has 2 saturated heterocycles. The van der Waals surface area contributed by atoms with E-state index in [4.69, 9.17) is 30.4 Å². The van der Waals surface area contributed by atoms with Crippen molar-refractivity contribution in [2.75, 3.05) is 65.2 Å². The van der Waals surface area contributed by atoms with Gasteiger partial charge in [0.1, 0.15) is 18.4 Å². The first kappa shape index (κ1) is 35.2. The van der Waals surface area contributed by atoms with Gasteiger partial charge in [-0.05, 0) is 32.1 Å². The largest absolute Gasteiger partial charge is 0.480 e. The van der Waals surface area contributed by atoms with Gasteiger partial charge in [0.05, 0.1) is 64.4 Å². The summed E-state index contributed by atoms with van der Waals surface area (Å²) in [5.74, 6) is -0.844. The highest BCUT2D eigenvalue weighted by molar-refractivity contribution is 8.00. The highest BCUT2D eigenvalue weighted by atomic mass is 32.2. The molecular weight excluding hydrogens is 558 g/mol. The second-order valence-electron chi connectivity index (χ2n) is 10.0. The Kier molecular flexibility index (Phi) is 17.9. The zero-order valence-electron chi connectivity index (χ0n) is 23.7. The molecule has 15 heteroatoms. The molecule has 2 aliphatic rings. The molecule has 41 heavy (non-hydrogen) atoms. The van der Waals surface area contributed by atoms with Crippen LogP contribution in [-0.4, -0.2) is 123 Å². The summed E-state index contributed by atoms with van der Waals surface area (Å²) >= 11 is 1.85. The van der Waals surface area contributed by atoms with Crippen LogP contribution in [0.4, 0.5) is 4.79 Å². The van der Waals surface area contributed by atoms with Crippen molar-refractivity contribution in [1.82, 2.24) is 16.0 Å². The summed E-state index contributed by atoms with van der Waals surface area (Å²) in [6.45, 7) is 2.83. The van der Waals surface area contributed by atoms with E-state index in [2.05, 4.69) is 16.0 Å². The van der Waals surface area contributed by atoms with Gasteiger partial charge < -0.3 is 51.5 Å². The van der Waals surface area contributed by atoms with E-state index >= 15 is 0 Å². The average molecular weight is 606 g/mol. The lowest BCUT2D eigenvalue weighted by molar-refractivity contribution is -0.142. The molecule has 0 aromatic carbocycles. The number of ketones is 1. The first-order chi connectivity index (χ1) is 19.8. The Bertz CT molecular complexity index is 809. The van der Waals surface area contributed by atoms with Gasteiger partial charge in [-0.3, -0.25) is 9.59 Å². The molecular formula is C26H47N5O9S. The van der Waals surface area contributed by atoms with E-state index in [0.29, 0.717) is 64.1 Å². The lowest BCUT2D eigenvalue weighted by atomic mass is 9.98. The lowest BCUT2D eigenvalue weighted by Gasteiger charge is -2.17. The second-order valence-corrected chi connectivity index (χ2v) is 11.3. The molecule has 0 saturated carbocycles. The number of ether oxygens (including phenoxy) is 4. The van der Waals surface area contributed by atoms with Crippen LogP contribution in [0.5, 0.6) is 0 Å². The minimum absolute atomic E-state index is 0.0487. The molecule has 2 fully saturated rings. The number of nitrogens with one attached hydrogen (secondary N) is 3. The van der Waals surface area contributed by atoms with Gasteiger partial charge in [0, 0.05) is 24.0 Å². The van der Waals surface area contributed by atoms with Gasteiger partial charge in [-0.2, -0.15) is 11.8 Å².